The van der Waals surface area contributed by atoms with Crippen molar-refractivity contribution in [2.75, 3.05) is 33.3 Å². The van der Waals surface area contributed by atoms with E-state index in [4.69, 9.17) is 9.84 Å². The van der Waals surface area contributed by atoms with Crippen LogP contribution in [-0.2, 0) is 6.54 Å². The molecular weight excluding hydrogens is 451 g/mol. The molecule has 34 heavy (non-hydrogen) atoms. The Bertz CT molecular complexity index is 1350. The topological polar surface area (TPSA) is 50.6 Å². The maximum absolute atomic E-state index is 13.7. The highest BCUT2D eigenvalue weighted by atomic mass is 32.1. The Morgan fingerprint density at radius 3 is 2.62 bits per heavy atom. The molecule has 1 aliphatic rings. The molecule has 1 aliphatic heterocycles. The molecule has 5 rings (SSSR count). The Balaban J connectivity index is 1.30. The molecule has 4 aromatic rings. The molecule has 2 aromatic heterocycles. The van der Waals surface area contributed by atoms with Crippen molar-refractivity contribution in [1.29, 1.82) is 0 Å². The first kappa shape index (κ1) is 22.6. The second kappa shape index (κ2) is 9.19. The summed E-state index contributed by atoms with van der Waals surface area (Å²) in [6.07, 6.45) is 0. The van der Waals surface area contributed by atoms with Crippen LogP contribution >= 0.6 is 11.3 Å². The number of hydrogen-bond donors (Lipinski definition) is 0. The minimum Gasteiger partial charge on any atom is -0.496 e. The second-order valence-electron chi connectivity index (χ2n) is 8.69. The number of aryl methyl sites for hydroxylation is 2. The first-order valence-corrected chi connectivity index (χ1v) is 12.1. The third-order valence-corrected chi connectivity index (χ3v) is 7.40. The number of piperazine rings is 1. The van der Waals surface area contributed by atoms with Crippen LogP contribution in [0.25, 0.3) is 15.9 Å². The highest BCUT2D eigenvalue weighted by Crippen LogP contribution is 2.31. The number of halogens is 1. The first-order chi connectivity index (χ1) is 16.4. The summed E-state index contributed by atoms with van der Waals surface area (Å²) < 4.78 is 21.0. The molecular formula is C26H27FN4O2S. The first-order valence-electron chi connectivity index (χ1n) is 11.3. The van der Waals surface area contributed by atoms with Crippen LogP contribution < -0.4 is 4.74 Å². The lowest BCUT2D eigenvalue weighted by molar-refractivity contribution is 0.0632. The van der Waals surface area contributed by atoms with Gasteiger partial charge in [0.15, 0.2) is 0 Å². The van der Waals surface area contributed by atoms with E-state index >= 15 is 0 Å². The van der Waals surface area contributed by atoms with Crippen LogP contribution in [0.2, 0.25) is 0 Å². The van der Waals surface area contributed by atoms with E-state index in [0.29, 0.717) is 25.4 Å². The van der Waals surface area contributed by atoms with E-state index in [1.54, 1.807) is 13.2 Å². The van der Waals surface area contributed by atoms with Crippen LogP contribution in [0.3, 0.4) is 0 Å². The summed E-state index contributed by atoms with van der Waals surface area (Å²) in [6.45, 7) is 7.36. The Labute approximate surface area is 202 Å². The molecule has 0 spiro atoms. The van der Waals surface area contributed by atoms with Crippen LogP contribution in [0.1, 0.15) is 26.5 Å². The van der Waals surface area contributed by atoms with Gasteiger partial charge in [-0.3, -0.25) is 9.69 Å². The van der Waals surface area contributed by atoms with Crippen molar-refractivity contribution in [2.45, 2.75) is 20.4 Å². The number of hydrogen-bond acceptors (Lipinski definition) is 5. The zero-order valence-electron chi connectivity index (χ0n) is 19.5. The molecule has 0 atom stereocenters. The minimum absolute atomic E-state index is 0.0550. The molecule has 0 aliphatic carbocycles. The molecule has 1 fully saturated rings. The van der Waals surface area contributed by atoms with Gasteiger partial charge in [0.1, 0.15) is 16.4 Å². The van der Waals surface area contributed by atoms with Crippen molar-refractivity contribution in [3.8, 4) is 11.4 Å². The molecule has 8 heteroatoms. The molecule has 0 N–H and O–H groups in total. The number of fused-ring (bicyclic) bond motifs is 1. The van der Waals surface area contributed by atoms with Crippen molar-refractivity contribution in [3.63, 3.8) is 0 Å². The van der Waals surface area contributed by atoms with Gasteiger partial charge in [-0.2, -0.15) is 5.10 Å². The minimum atomic E-state index is -0.270. The van der Waals surface area contributed by atoms with Crippen LogP contribution in [0.15, 0.2) is 48.5 Å². The lowest BCUT2D eigenvalue weighted by Crippen LogP contribution is -2.48. The van der Waals surface area contributed by atoms with Crippen molar-refractivity contribution >= 4 is 27.5 Å². The number of carbonyl (C=O) groups excluding carboxylic acids is 1. The van der Waals surface area contributed by atoms with Crippen LogP contribution in [0.4, 0.5) is 4.39 Å². The molecule has 3 heterocycles. The average Bonchev–Trinajstić information content (AvgIpc) is 3.40. The Morgan fingerprint density at radius 2 is 1.88 bits per heavy atom. The van der Waals surface area contributed by atoms with Gasteiger partial charge >= 0.3 is 0 Å². The van der Waals surface area contributed by atoms with Gasteiger partial charge in [-0.05, 0) is 55.8 Å². The fourth-order valence-corrected chi connectivity index (χ4v) is 5.61. The molecule has 0 unspecified atom stereocenters. The van der Waals surface area contributed by atoms with Crippen molar-refractivity contribution in [1.82, 2.24) is 19.6 Å². The van der Waals surface area contributed by atoms with Gasteiger partial charge in [0.25, 0.3) is 5.91 Å². The quantitative estimate of drug-likeness (QED) is 0.413. The van der Waals surface area contributed by atoms with Gasteiger partial charge < -0.3 is 9.64 Å². The summed E-state index contributed by atoms with van der Waals surface area (Å²) in [6, 6.07) is 14.8. The van der Waals surface area contributed by atoms with E-state index in [9.17, 15) is 9.18 Å². The number of amides is 1. The van der Waals surface area contributed by atoms with Crippen molar-refractivity contribution < 1.29 is 13.9 Å². The highest BCUT2D eigenvalue weighted by Gasteiger charge is 2.25. The number of nitrogens with zero attached hydrogens (tertiary/aromatic N) is 4. The number of rotatable bonds is 5. The van der Waals surface area contributed by atoms with E-state index in [1.165, 1.54) is 29.0 Å². The lowest BCUT2D eigenvalue weighted by atomic mass is 10.1. The fraction of sp³-hybridized carbons (Fsp3) is 0.308. The number of thiophene rings is 1. The molecule has 6 nitrogen and oxygen atoms in total. The van der Waals surface area contributed by atoms with Gasteiger partial charge in [-0.1, -0.05) is 12.1 Å². The van der Waals surface area contributed by atoms with E-state index in [1.807, 2.05) is 34.7 Å². The predicted octanol–water partition coefficient (Wildman–Crippen LogP) is 4.81. The van der Waals surface area contributed by atoms with Crippen molar-refractivity contribution in [3.05, 3.63) is 76.0 Å². The van der Waals surface area contributed by atoms with E-state index in [0.717, 1.165) is 45.1 Å². The lowest BCUT2D eigenvalue weighted by Gasteiger charge is -2.34. The normalized spacial score (nSPS) is 14.6. The summed E-state index contributed by atoms with van der Waals surface area (Å²) in [4.78, 5) is 19.2. The molecule has 0 bridgehead atoms. The Morgan fingerprint density at radius 1 is 1.09 bits per heavy atom. The van der Waals surface area contributed by atoms with Crippen LogP contribution in [0.5, 0.6) is 5.75 Å². The standard InChI is InChI=1S/C26H27FN4O2S/c1-17-5-4-6-21(13-17)31-26-22(18(2)28-31)15-24(34-26)25(32)30-11-9-29(10-12-30)16-19-14-20(27)7-8-23(19)33-3/h4-8,13-15H,9-12,16H2,1-3H3. The molecule has 1 amide bonds. The molecule has 0 saturated carbocycles. The van der Waals surface area contributed by atoms with Gasteiger partial charge in [0, 0.05) is 43.7 Å². The Kier molecular flexibility index (Phi) is 6.10. The highest BCUT2D eigenvalue weighted by molar-refractivity contribution is 7.20. The summed E-state index contributed by atoms with van der Waals surface area (Å²) in [7, 11) is 1.60. The number of aromatic nitrogens is 2. The molecule has 0 radical (unpaired) electrons. The molecule has 2 aromatic carbocycles. The third kappa shape index (κ3) is 4.31. The van der Waals surface area contributed by atoms with E-state index in [-0.39, 0.29) is 11.7 Å². The second-order valence-corrected chi connectivity index (χ2v) is 9.72. The maximum atomic E-state index is 13.7. The van der Waals surface area contributed by atoms with Crippen molar-refractivity contribution in [2.24, 2.45) is 0 Å². The average molecular weight is 479 g/mol. The molecule has 1 saturated heterocycles. The number of carbonyl (C=O) groups is 1. The van der Waals surface area contributed by atoms with Gasteiger partial charge in [-0.25, -0.2) is 9.07 Å². The maximum Gasteiger partial charge on any atom is 0.264 e. The van der Waals surface area contributed by atoms with Crippen LogP contribution in [-0.4, -0.2) is 58.8 Å². The predicted molar refractivity (Wildman–Crippen MR) is 133 cm³/mol. The summed E-state index contributed by atoms with van der Waals surface area (Å²) in [5.41, 5.74) is 3.91. The third-order valence-electron chi connectivity index (χ3n) is 6.30. The van der Waals surface area contributed by atoms with E-state index in [2.05, 4.69) is 24.0 Å². The van der Waals surface area contributed by atoms with Crippen LogP contribution in [0, 0.1) is 19.7 Å². The summed E-state index contributed by atoms with van der Waals surface area (Å²) >= 11 is 1.49. The smallest absolute Gasteiger partial charge is 0.264 e. The molecule has 176 valence electrons. The number of benzene rings is 2. The number of methoxy groups -OCH3 is 1. The van der Waals surface area contributed by atoms with Gasteiger partial charge in [-0.15, -0.1) is 11.3 Å². The largest absolute Gasteiger partial charge is 0.496 e. The summed E-state index contributed by atoms with van der Waals surface area (Å²) in [5.74, 6) is 0.469. The Hall–Kier alpha value is -3.23. The van der Waals surface area contributed by atoms with E-state index < -0.39 is 0 Å². The van der Waals surface area contributed by atoms with Gasteiger partial charge in [0.05, 0.1) is 23.4 Å². The SMILES string of the molecule is COc1ccc(F)cc1CN1CCN(C(=O)c2cc3c(C)nn(-c4cccc(C)c4)c3s2)CC1. The zero-order valence-corrected chi connectivity index (χ0v) is 20.4. The van der Waals surface area contributed by atoms with Gasteiger partial charge in [0.2, 0.25) is 0 Å². The zero-order chi connectivity index (χ0) is 23.8. The number of ether oxygens (including phenoxy) is 1. The monoisotopic (exact) mass is 478 g/mol. The fourth-order valence-electron chi connectivity index (χ4n) is 4.46. The summed E-state index contributed by atoms with van der Waals surface area (Å²) in [5, 5.41) is 5.72.